The van der Waals surface area contributed by atoms with Crippen LogP contribution in [0.2, 0.25) is 0 Å². The van der Waals surface area contributed by atoms with Gasteiger partial charge < -0.3 is 9.88 Å². The van der Waals surface area contributed by atoms with Gasteiger partial charge >= 0.3 is 0 Å². The van der Waals surface area contributed by atoms with E-state index in [1.807, 2.05) is 6.07 Å². The number of hydrogen-bond donors (Lipinski definition) is 1. The van der Waals surface area contributed by atoms with Crippen molar-refractivity contribution in [3.8, 4) is 0 Å². The van der Waals surface area contributed by atoms with Gasteiger partial charge in [-0.15, -0.1) is 0 Å². The van der Waals surface area contributed by atoms with E-state index in [1.54, 1.807) is 6.20 Å². The summed E-state index contributed by atoms with van der Waals surface area (Å²) in [5.74, 6) is -2.46. The van der Waals surface area contributed by atoms with Crippen LogP contribution in [0.5, 0.6) is 0 Å². The van der Waals surface area contributed by atoms with Gasteiger partial charge in [0.05, 0.1) is 23.7 Å². The van der Waals surface area contributed by atoms with Gasteiger partial charge in [-0.3, -0.25) is 0 Å². The molecule has 0 bridgehead atoms. The molecule has 2 aromatic rings. The molecule has 3 aliphatic rings. The SMILES string of the molecule is CN(C[C@@H]1CC(F)(F)CN1S(C)(=O)=O)S(=O)(=O)N1CCN(c2ncnc3[nH]ccc23)CC12CC2. The first-order valence-corrected chi connectivity index (χ1v) is 14.2. The third kappa shape index (κ3) is 4.06. The zero-order chi connectivity index (χ0) is 24.5. The van der Waals surface area contributed by atoms with Crippen LogP contribution < -0.4 is 4.90 Å². The molecule has 4 heterocycles. The average molecular weight is 520 g/mol. The van der Waals surface area contributed by atoms with E-state index >= 15 is 0 Å². The van der Waals surface area contributed by atoms with Crippen molar-refractivity contribution in [3.05, 3.63) is 18.6 Å². The highest BCUT2D eigenvalue weighted by Crippen LogP contribution is 2.47. The minimum absolute atomic E-state index is 0.208. The molecular weight excluding hydrogens is 492 g/mol. The highest BCUT2D eigenvalue weighted by atomic mass is 32.2. The molecule has 3 fully saturated rings. The lowest BCUT2D eigenvalue weighted by Crippen LogP contribution is -2.60. The number of aromatic amines is 1. The molecule has 0 aromatic carbocycles. The number of piperazine rings is 1. The van der Waals surface area contributed by atoms with Crippen molar-refractivity contribution >= 4 is 37.1 Å². The molecule has 1 spiro atoms. The summed E-state index contributed by atoms with van der Waals surface area (Å²) in [6.45, 7) is -0.201. The minimum atomic E-state index is -4.00. The molecule has 2 saturated heterocycles. The Bertz CT molecular complexity index is 1310. The predicted octanol–water partition coefficient (Wildman–Crippen LogP) is 0.458. The lowest BCUT2D eigenvalue weighted by atomic mass is 10.2. The number of halogens is 2. The Hall–Kier alpha value is -1.94. The number of nitrogens with zero attached hydrogens (tertiary/aromatic N) is 6. The number of alkyl halides is 2. The zero-order valence-corrected chi connectivity index (χ0v) is 20.5. The van der Waals surface area contributed by atoms with E-state index in [1.165, 1.54) is 17.7 Å². The van der Waals surface area contributed by atoms with Gasteiger partial charge in [-0.05, 0) is 18.9 Å². The molecule has 1 atom stereocenters. The number of hydrogen-bond acceptors (Lipinski definition) is 7. The summed E-state index contributed by atoms with van der Waals surface area (Å²) in [6.07, 6.45) is 4.75. The third-order valence-electron chi connectivity index (χ3n) is 6.94. The highest BCUT2D eigenvalue weighted by Gasteiger charge is 2.57. The molecule has 2 aliphatic heterocycles. The maximum Gasteiger partial charge on any atom is 0.282 e. The number of aromatic nitrogens is 3. The van der Waals surface area contributed by atoms with Crippen LogP contribution in [0.4, 0.5) is 14.6 Å². The van der Waals surface area contributed by atoms with Crippen LogP contribution in [0.3, 0.4) is 0 Å². The van der Waals surface area contributed by atoms with Crippen LogP contribution in [-0.2, 0) is 20.2 Å². The smallest absolute Gasteiger partial charge is 0.282 e. The van der Waals surface area contributed by atoms with E-state index in [0.717, 1.165) is 21.8 Å². The number of H-pyrrole nitrogens is 1. The Morgan fingerprint density at radius 2 is 1.91 bits per heavy atom. The first-order valence-electron chi connectivity index (χ1n) is 10.9. The van der Waals surface area contributed by atoms with Gasteiger partial charge in [0.2, 0.25) is 10.0 Å². The van der Waals surface area contributed by atoms with Crippen molar-refractivity contribution in [3.63, 3.8) is 0 Å². The van der Waals surface area contributed by atoms with E-state index < -0.39 is 50.7 Å². The molecular formula is C19H27F2N7O4S2. The summed E-state index contributed by atoms with van der Waals surface area (Å²) in [6, 6.07) is 0.760. The Morgan fingerprint density at radius 1 is 1.18 bits per heavy atom. The van der Waals surface area contributed by atoms with Crippen molar-refractivity contribution in [2.45, 2.75) is 36.8 Å². The number of anilines is 1. The van der Waals surface area contributed by atoms with Crippen molar-refractivity contribution < 1.29 is 25.6 Å². The Balaban J connectivity index is 1.34. The summed E-state index contributed by atoms with van der Waals surface area (Å²) in [7, 11) is -6.58. The van der Waals surface area contributed by atoms with Gasteiger partial charge in [0.1, 0.15) is 17.8 Å². The fourth-order valence-corrected chi connectivity index (χ4v) is 7.98. The molecule has 0 amide bonds. The van der Waals surface area contributed by atoms with Gasteiger partial charge in [-0.1, -0.05) is 0 Å². The van der Waals surface area contributed by atoms with Gasteiger partial charge in [0, 0.05) is 51.9 Å². The fraction of sp³-hybridized carbons (Fsp3) is 0.684. The highest BCUT2D eigenvalue weighted by molar-refractivity contribution is 7.88. The number of sulfonamides is 1. The lowest BCUT2D eigenvalue weighted by molar-refractivity contribution is 0.0169. The largest absolute Gasteiger partial charge is 0.353 e. The molecule has 0 radical (unpaired) electrons. The normalized spacial score (nSPS) is 25.6. The van der Waals surface area contributed by atoms with E-state index in [2.05, 4.69) is 19.9 Å². The van der Waals surface area contributed by atoms with Crippen molar-refractivity contribution in [2.24, 2.45) is 0 Å². The second kappa shape index (κ2) is 7.78. The minimum Gasteiger partial charge on any atom is -0.353 e. The first-order chi connectivity index (χ1) is 15.8. The van der Waals surface area contributed by atoms with Crippen LogP contribution >= 0.6 is 0 Å². The molecule has 5 rings (SSSR count). The molecule has 1 N–H and O–H groups in total. The monoisotopic (exact) mass is 519 g/mol. The maximum absolute atomic E-state index is 14.0. The quantitative estimate of drug-likeness (QED) is 0.588. The third-order valence-corrected chi connectivity index (χ3v) is 10.3. The van der Waals surface area contributed by atoms with E-state index in [0.29, 0.717) is 35.9 Å². The average Bonchev–Trinajstić information content (AvgIpc) is 3.18. The first kappa shape index (κ1) is 23.8. The van der Waals surface area contributed by atoms with Gasteiger partial charge in [-0.2, -0.15) is 21.3 Å². The van der Waals surface area contributed by atoms with Crippen LogP contribution in [-0.4, -0.2) is 108 Å². The number of fused-ring (bicyclic) bond motifs is 1. The Labute approximate surface area is 197 Å². The predicted molar refractivity (Wildman–Crippen MR) is 121 cm³/mol. The molecule has 0 unspecified atom stereocenters. The summed E-state index contributed by atoms with van der Waals surface area (Å²) < 4.78 is 82.2. The van der Waals surface area contributed by atoms with Crippen LogP contribution in [0.25, 0.3) is 11.0 Å². The maximum atomic E-state index is 14.0. The summed E-state index contributed by atoms with van der Waals surface area (Å²) in [5.41, 5.74) is 0.100. The van der Waals surface area contributed by atoms with Gasteiger partial charge in [0.15, 0.2) is 0 Å². The summed E-state index contributed by atoms with van der Waals surface area (Å²) in [5, 5.41) is 0.856. The zero-order valence-electron chi connectivity index (χ0n) is 18.9. The second-order valence-corrected chi connectivity index (χ2v) is 13.4. The molecule has 34 heavy (non-hydrogen) atoms. The molecule has 15 heteroatoms. The van der Waals surface area contributed by atoms with Crippen LogP contribution in [0.1, 0.15) is 19.3 Å². The Morgan fingerprint density at radius 3 is 2.59 bits per heavy atom. The number of rotatable bonds is 6. The van der Waals surface area contributed by atoms with Crippen LogP contribution in [0.15, 0.2) is 18.6 Å². The molecule has 2 aromatic heterocycles. The van der Waals surface area contributed by atoms with Gasteiger partial charge in [0.25, 0.3) is 16.1 Å². The Kier molecular flexibility index (Phi) is 5.44. The van der Waals surface area contributed by atoms with E-state index in [9.17, 15) is 25.6 Å². The van der Waals surface area contributed by atoms with Crippen LogP contribution in [0, 0.1) is 0 Å². The van der Waals surface area contributed by atoms with E-state index in [-0.39, 0.29) is 13.1 Å². The summed E-state index contributed by atoms with van der Waals surface area (Å²) in [4.78, 5) is 13.7. The molecule has 1 aliphatic carbocycles. The van der Waals surface area contributed by atoms with Crippen molar-refractivity contribution in [1.82, 2.24) is 27.9 Å². The van der Waals surface area contributed by atoms with Gasteiger partial charge in [-0.25, -0.2) is 27.2 Å². The lowest BCUT2D eigenvalue weighted by Gasteiger charge is -2.43. The number of nitrogens with one attached hydrogen (secondary N) is 1. The topological polar surface area (TPSA) is 123 Å². The standard InChI is InChI=1S/C19H27F2N7O4S2/c1-25(10-14-9-19(20,21)12-27(14)33(2,29)30)34(31,32)28-8-7-26(11-18(28)4-5-18)17-15-3-6-22-16(15)23-13-24-17/h3,6,13-14H,4-5,7-12H2,1-2H3,(H,22,23,24)/t14-/m0/s1. The number of likely N-dealkylation sites (N-methyl/N-ethyl adjacent to an activating group) is 1. The molecule has 11 nitrogen and oxygen atoms in total. The second-order valence-electron chi connectivity index (χ2n) is 9.47. The van der Waals surface area contributed by atoms with Crippen molar-refractivity contribution in [2.75, 3.05) is 50.9 Å². The van der Waals surface area contributed by atoms with Crippen molar-refractivity contribution in [1.29, 1.82) is 0 Å². The fourth-order valence-electron chi connectivity index (χ4n) is 5.14. The molecule has 188 valence electrons. The van der Waals surface area contributed by atoms with E-state index in [4.69, 9.17) is 0 Å². The summed E-state index contributed by atoms with van der Waals surface area (Å²) >= 11 is 0. The molecule has 1 saturated carbocycles.